The first-order valence-electron chi connectivity index (χ1n) is 14.1. The Morgan fingerprint density at radius 2 is 1.73 bits per heavy atom. The highest BCUT2D eigenvalue weighted by molar-refractivity contribution is 7.18. The average Bonchev–Trinajstić information content (AvgIpc) is 3.71. The highest BCUT2D eigenvalue weighted by atomic mass is 32.1. The maximum absolute atomic E-state index is 14.0. The lowest BCUT2D eigenvalue weighted by atomic mass is 9.98. The molecular weight excluding hydrogens is 594 g/mol. The summed E-state index contributed by atoms with van der Waals surface area (Å²) in [7, 11) is 3.04. The van der Waals surface area contributed by atoms with Gasteiger partial charge in [0.15, 0.2) is 5.82 Å². The fraction of sp³-hybridized carbons (Fsp3) is 0.152. The van der Waals surface area contributed by atoms with E-state index in [-0.39, 0.29) is 6.54 Å². The number of hydrogen-bond acceptors (Lipinski definition) is 9. The molecule has 0 bridgehead atoms. The summed E-state index contributed by atoms with van der Waals surface area (Å²) in [6.07, 6.45) is 2.19. The molecule has 0 saturated carbocycles. The summed E-state index contributed by atoms with van der Waals surface area (Å²) in [5, 5.41) is 4.30. The van der Waals surface area contributed by atoms with Crippen molar-refractivity contribution < 1.29 is 14.1 Å². The number of nitrogens with zero attached hydrogens (tertiary/aromatic N) is 3. The summed E-state index contributed by atoms with van der Waals surface area (Å²) in [4.78, 5) is 48.7. The topological polar surface area (TPSA) is 133 Å². The zero-order valence-electron chi connectivity index (χ0n) is 24.7. The van der Waals surface area contributed by atoms with Gasteiger partial charge < -0.3 is 4.74 Å². The third-order valence-electron chi connectivity index (χ3n) is 7.34. The molecule has 12 heteroatoms. The fourth-order valence-electron chi connectivity index (χ4n) is 5.08. The Labute approximate surface area is 260 Å². The van der Waals surface area contributed by atoms with Crippen LogP contribution >= 0.6 is 11.3 Å². The molecule has 0 amide bonds. The van der Waals surface area contributed by atoms with Crippen molar-refractivity contribution in [2.24, 2.45) is 0 Å². The second-order valence-corrected chi connectivity index (χ2v) is 11.2. The van der Waals surface area contributed by atoms with E-state index in [1.165, 1.54) is 24.6 Å². The minimum absolute atomic E-state index is 0.237. The van der Waals surface area contributed by atoms with Crippen molar-refractivity contribution in [1.29, 1.82) is 0 Å². The molecule has 3 heterocycles. The zero-order valence-corrected chi connectivity index (χ0v) is 25.5. The zero-order chi connectivity index (χ0) is 31.5. The second-order valence-electron chi connectivity index (χ2n) is 10.1. The number of thiophene rings is 1. The SMILES string of the molecule is CCc1cc2c(=O)n(C=C(NOC)c3ccc(OC)cc3)c(=O)n(Cc3ccc(-c4ccccc4-c4noc(=O)[nH]4)cc3)c2s1. The van der Waals surface area contributed by atoms with Crippen LogP contribution in [-0.4, -0.2) is 33.5 Å². The normalized spacial score (nSPS) is 11.7. The Bertz CT molecular complexity index is 2190. The molecule has 3 aromatic carbocycles. The molecule has 0 aliphatic carbocycles. The van der Waals surface area contributed by atoms with Gasteiger partial charge in [0.2, 0.25) is 0 Å². The van der Waals surface area contributed by atoms with Crippen LogP contribution in [0, 0.1) is 0 Å². The van der Waals surface area contributed by atoms with Gasteiger partial charge in [-0.25, -0.2) is 14.2 Å². The molecule has 0 fully saturated rings. The summed E-state index contributed by atoms with van der Waals surface area (Å²) in [5.41, 5.74) is 6.35. The number of aromatic nitrogens is 4. The molecule has 6 aromatic rings. The Kier molecular flexibility index (Phi) is 8.32. The van der Waals surface area contributed by atoms with Gasteiger partial charge in [0.1, 0.15) is 10.6 Å². The second kappa shape index (κ2) is 12.6. The number of aryl methyl sites for hydroxylation is 1. The van der Waals surface area contributed by atoms with Crippen molar-refractivity contribution in [3.8, 4) is 28.3 Å². The van der Waals surface area contributed by atoms with Gasteiger partial charge in [-0.05, 0) is 53.4 Å². The number of hydrogen-bond donors (Lipinski definition) is 2. The van der Waals surface area contributed by atoms with E-state index < -0.39 is 17.0 Å². The van der Waals surface area contributed by atoms with E-state index in [9.17, 15) is 14.4 Å². The number of aromatic amines is 1. The summed E-state index contributed by atoms with van der Waals surface area (Å²) >= 11 is 1.44. The average molecular weight is 624 g/mol. The van der Waals surface area contributed by atoms with Gasteiger partial charge >= 0.3 is 11.4 Å². The third-order valence-corrected chi connectivity index (χ3v) is 8.65. The number of fused-ring (bicyclic) bond motifs is 1. The molecule has 0 unspecified atom stereocenters. The van der Waals surface area contributed by atoms with Crippen molar-refractivity contribution in [3.63, 3.8) is 0 Å². The van der Waals surface area contributed by atoms with E-state index in [1.807, 2.05) is 61.5 Å². The van der Waals surface area contributed by atoms with Crippen molar-refractivity contribution in [1.82, 2.24) is 24.8 Å². The lowest BCUT2D eigenvalue weighted by Gasteiger charge is -2.13. The lowest BCUT2D eigenvalue weighted by molar-refractivity contribution is 0.137. The first-order chi connectivity index (χ1) is 21.9. The minimum atomic E-state index is -0.628. The first-order valence-corrected chi connectivity index (χ1v) is 14.9. The fourth-order valence-corrected chi connectivity index (χ4v) is 6.15. The number of benzene rings is 3. The van der Waals surface area contributed by atoms with Crippen LogP contribution in [0.1, 0.15) is 22.9 Å². The number of H-pyrrole nitrogens is 1. The molecule has 0 aliphatic heterocycles. The lowest BCUT2D eigenvalue weighted by Crippen LogP contribution is -2.37. The summed E-state index contributed by atoms with van der Waals surface area (Å²) < 4.78 is 12.7. The maximum atomic E-state index is 14.0. The number of hydroxylamine groups is 1. The summed E-state index contributed by atoms with van der Waals surface area (Å²) in [6, 6.07) is 24.3. The van der Waals surface area contributed by atoms with Crippen LogP contribution in [0.5, 0.6) is 5.75 Å². The van der Waals surface area contributed by atoms with Crippen molar-refractivity contribution in [2.45, 2.75) is 19.9 Å². The van der Waals surface area contributed by atoms with E-state index in [1.54, 1.807) is 35.9 Å². The molecule has 45 heavy (non-hydrogen) atoms. The molecule has 2 N–H and O–H groups in total. The Morgan fingerprint density at radius 3 is 2.38 bits per heavy atom. The van der Waals surface area contributed by atoms with Crippen molar-refractivity contribution in [3.05, 3.63) is 126 Å². The number of rotatable bonds is 10. The standard InChI is InChI=1S/C33H29N5O6S/c1-4-24-17-27-30(39)37(19-28(35-43-3)22-13-15-23(42-2)16-14-22)33(41)38(31(27)45-24)18-20-9-11-21(12-10-20)25-7-5-6-8-26(25)29-34-32(40)44-36-29/h5-17,19,35H,4,18H2,1-3H3,(H,34,36,40). The smallest absolute Gasteiger partial charge is 0.439 e. The molecule has 3 aromatic heterocycles. The molecule has 0 atom stereocenters. The van der Waals surface area contributed by atoms with Crippen LogP contribution in [-0.2, 0) is 17.8 Å². The van der Waals surface area contributed by atoms with E-state index >= 15 is 0 Å². The summed E-state index contributed by atoms with van der Waals surface area (Å²) in [6.45, 7) is 2.25. The highest BCUT2D eigenvalue weighted by Gasteiger charge is 2.17. The van der Waals surface area contributed by atoms with Crippen LogP contribution < -0.4 is 27.2 Å². The van der Waals surface area contributed by atoms with Crippen molar-refractivity contribution >= 4 is 33.5 Å². The van der Waals surface area contributed by atoms with Gasteiger partial charge in [-0.2, -0.15) is 0 Å². The highest BCUT2D eigenvalue weighted by Crippen LogP contribution is 2.30. The predicted octanol–water partition coefficient (Wildman–Crippen LogP) is 4.96. The van der Waals surface area contributed by atoms with Crippen molar-refractivity contribution in [2.75, 3.05) is 14.2 Å². The third kappa shape index (κ3) is 5.88. The van der Waals surface area contributed by atoms with Crippen LogP contribution in [0.3, 0.4) is 0 Å². The Morgan fingerprint density at radius 1 is 1.00 bits per heavy atom. The molecule has 0 spiro atoms. The molecular formula is C33H29N5O6S. The van der Waals surface area contributed by atoms with Crippen LogP contribution in [0.4, 0.5) is 0 Å². The van der Waals surface area contributed by atoms with Crippen LogP contribution in [0.2, 0.25) is 0 Å². The predicted molar refractivity (Wildman–Crippen MR) is 174 cm³/mol. The van der Waals surface area contributed by atoms with Gasteiger partial charge in [0, 0.05) is 22.2 Å². The minimum Gasteiger partial charge on any atom is -0.497 e. The van der Waals surface area contributed by atoms with Gasteiger partial charge in [0.25, 0.3) is 5.56 Å². The van der Waals surface area contributed by atoms with E-state index in [0.29, 0.717) is 33.1 Å². The van der Waals surface area contributed by atoms with Gasteiger partial charge in [-0.15, -0.1) is 11.3 Å². The Balaban J connectivity index is 1.42. The van der Waals surface area contributed by atoms with Crippen LogP contribution in [0.15, 0.2) is 97.8 Å². The monoisotopic (exact) mass is 623 g/mol. The van der Waals surface area contributed by atoms with Gasteiger partial charge in [0.05, 0.1) is 31.8 Å². The van der Waals surface area contributed by atoms with E-state index in [0.717, 1.165) is 38.1 Å². The summed E-state index contributed by atoms with van der Waals surface area (Å²) in [5.74, 6) is 0.381. The van der Waals surface area contributed by atoms with E-state index in [2.05, 4.69) is 15.6 Å². The molecule has 11 nitrogen and oxygen atoms in total. The largest absolute Gasteiger partial charge is 0.497 e. The first kappa shape index (κ1) is 29.6. The van der Waals surface area contributed by atoms with Crippen LogP contribution in [0.25, 0.3) is 44.6 Å². The number of ether oxygens (including phenoxy) is 1. The molecule has 0 aliphatic rings. The molecule has 0 radical (unpaired) electrons. The number of methoxy groups -OCH3 is 1. The molecule has 0 saturated heterocycles. The van der Waals surface area contributed by atoms with Gasteiger partial charge in [-0.3, -0.25) is 29.2 Å². The van der Waals surface area contributed by atoms with Gasteiger partial charge in [-0.1, -0.05) is 60.6 Å². The molecule has 228 valence electrons. The Hall–Kier alpha value is -5.46. The number of nitrogens with one attached hydrogen (secondary N) is 2. The molecule has 6 rings (SSSR count). The van der Waals surface area contributed by atoms with E-state index in [4.69, 9.17) is 14.1 Å². The maximum Gasteiger partial charge on any atom is 0.439 e. The quantitative estimate of drug-likeness (QED) is 0.205.